The lowest BCUT2D eigenvalue weighted by molar-refractivity contribution is 0.193. The Balaban J connectivity index is 1.60. The maximum absolute atomic E-state index is 4.73. The van der Waals surface area contributed by atoms with Gasteiger partial charge in [0, 0.05) is 50.6 Å². The molecule has 0 saturated carbocycles. The number of hydrogen-bond acceptors (Lipinski definition) is 3. The molecule has 0 unspecified atom stereocenters. The van der Waals surface area contributed by atoms with E-state index < -0.39 is 0 Å². The summed E-state index contributed by atoms with van der Waals surface area (Å²) < 4.78 is 2.20. The molecule has 1 N–H and O–H groups in total. The third-order valence-electron chi connectivity index (χ3n) is 4.75. The highest BCUT2D eigenvalue weighted by Crippen LogP contribution is 2.26. The predicted molar refractivity (Wildman–Crippen MR) is 92.4 cm³/mol. The molecule has 0 aliphatic carbocycles. The molecule has 2 aromatic heterocycles. The summed E-state index contributed by atoms with van der Waals surface area (Å²) in [6.07, 6.45) is 10.1. The van der Waals surface area contributed by atoms with Crippen LogP contribution in [0, 0.1) is 6.92 Å². The number of aromatic nitrogens is 4. The fourth-order valence-electron chi connectivity index (χ4n) is 3.62. The van der Waals surface area contributed by atoms with Crippen molar-refractivity contribution in [1.82, 2.24) is 24.4 Å². The van der Waals surface area contributed by atoms with E-state index >= 15 is 0 Å². The van der Waals surface area contributed by atoms with Crippen LogP contribution in [0.2, 0.25) is 0 Å². The summed E-state index contributed by atoms with van der Waals surface area (Å²) in [5, 5.41) is 0. The van der Waals surface area contributed by atoms with Crippen LogP contribution in [0.4, 0.5) is 0 Å². The van der Waals surface area contributed by atoms with Gasteiger partial charge in [-0.2, -0.15) is 0 Å². The molecule has 2 aromatic rings. The molecule has 5 heteroatoms. The van der Waals surface area contributed by atoms with E-state index in [0.29, 0.717) is 5.92 Å². The number of piperidine rings is 1. The van der Waals surface area contributed by atoms with Crippen LogP contribution < -0.4 is 0 Å². The normalized spacial score (nSPS) is 19.3. The number of nitrogens with one attached hydrogen (secondary N) is 1. The summed E-state index contributed by atoms with van der Waals surface area (Å²) in [6, 6.07) is 0. The van der Waals surface area contributed by atoms with Gasteiger partial charge in [-0.05, 0) is 32.7 Å². The Morgan fingerprint density at radius 2 is 2.26 bits per heavy atom. The van der Waals surface area contributed by atoms with Gasteiger partial charge in [-0.15, -0.1) is 0 Å². The van der Waals surface area contributed by atoms with Crippen molar-refractivity contribution in [1.29, 1.82) is 0 Å². The molecule has 1 atom stereocenters. The number of rotatable bonds is 6. The van der Waals surface area contributed by atoms with E-state index in [1.54, 1.807) is 0 Å². The summed E-state index contributed by atoms with van der Waals surface area (Å²) in [4.78, 5) is 15.3. The van der Waals surface area contributed by atoms with E-state index in [-0.39, 0.29) is 0 Å². The summed E-state index contributed by atoms with van der Waals surface area (Å²) in [7, 11) is 2.11. The topological polar surface area (TPSA) is 49.7 Å². The van der Waals surface area contributed by atoms with Gasteiger partial charge >= 0.3 is 0 Å². The second kappa shape index (κ2) is 7.30. The standard InChI is InChI=1S/C18H29N5/c1-4-5-8-17-19-10-16(21-17)13-23-9-6-7-15(12-23)18-20-14(2)11-22(18)3/h10-11,15H,4-9,12-13H2,1-3H3,(H,19,21)/t15-/m0/s1. The molecule has 1 aliphatic rings. The van der Waals surface area contributed by atoms with Crippen molar-refractivity contribution in [3.63, 3.8) is 0 Å². The number of aryl methyl sites for hydroxylation is 3. The van der Waals surface area contributed by atoms with Gasteiger partial charge in [0.05, 0.1) is 5.69 Å². The van der Waals surface area contributed by atoms with Gasteiger partial charge in [-0.1, -0.05) is 13.3 Å². The lowest BCUT2D eigenvalue weighted by atomic mass is 9.97. The van der Waals surface area contributed by atoms with E-state index in [1.807, 2.05) is 6.20 Å². The largest absolute Gasteiger partial charge is 0.345 e. The Morgan fingerprint density at radius 3 is 3.00 bits per heavy atom. The van der Waals surface area contributed by atoms with Crippen LogP contribution in [-0.2, 0) is 20.0 Å². The number of imidazole rings is 2. The Hall–Kier alpha value is -1.62. The predicted octanol–water partition coefficient (Wildman–Crippen LogP) is 3.17. The molecule has 126 valence electrons. The molecule has 0 radical (unpaired) electrons. The van der Waals surface area contributed by atoms with Crippen molar-refractivity contribution in [3.8, 4) is 0 Å². The van der Waals surface area contributed by atoms with Gasteiger partial charge in [0.25, 0.3) is 0 Å². The highest BCUT2D eigenvalue weighted by atomic mass is 15.2. The van der Waals surface area contributed by atoms with Crippen molar-refractivity contribution < 1.29 is 0 Å². The van der Waals surface area contributed by atoms with E-state index in [9.17, 15) is 0 Å². The lowest BCUT2D eigenvalue weighted by Gasteiger charge is -2.32. The molecular weight excluding hydrogens is 286 g/mol. The number of nitrogens with zero attached hydrogens (tertiary/aromatic N) is 4. The van der Waals surface area contributed by atoms with Crippen LogP contribution in [0.15, 0.2) is 12.4 Å². The molecule has 1 saturated heterocycles. The zero-order valence-corrected chi connectivity index (χ0v) is 14.7. The van der Waals surface area contributed by atoms with Crippen LogP contribution in [0.1, 0.15) is 61.6 Å². The smallest absolute Gasteiger partial charge is 0.113 e. The van der Waals surface area contributed by atoms with Crippen LogP contribution >= 0.6 is 0 Å². The van der Waals surface area contributed by atoms with Crippen molar-refractivity contribution >= 4 is 0 Å². The van der Waals surface area contributed by atoms with E-state index in [2.05, 4.69) is 46.5 Å². The van der Waals surface area contributed by atoms with Crippen molar-refractivity contribution in [2.75, 3.05) is 13.1 Å². The molecule has 0 aromatic carbocycles. The third-order valence-corrected chi connectivity index (χ3v) is 4.75. The van der Waals surface area contributed by atoms with Gasteiger partial charge in [0.15, 0.2) is 0 Å². The molecule has 23 heavy (non-hydrogen) atoms. The summed E-state index contributed by atoms with van der Waals surface area (Å²) in [6.45, 7) is 7.53. The zero-order chi connectivity index (χ0) is 16.2. The first-order valence-electron chi connectivity index (χ1n) is 8.90. The number of unbranched alkanes of at least 4 members (excludes halogenated alkanes) is 1. The minimum atomic E-state index is 0.546. The van der Waals surface area contributed by atoms with Crippen molar-refractivity contribution in [2.45, 2.75) is 58.4 Å². The number of H-pyrrole nitrogens is 1. The first-order chi connectivity index (χ1) is 11.2. The van der Waals surface area contributed by atoms with Crippen LogP contribution in [0.3, 0.4) is 0 Å². The average molecular weight is 315 g/mol. The molecule has 0 spiro atoms. The molecule has 0 amide bonds. The Labute approximate surface area is 139 Å². The SMILES string of the molecule is CCCCc1ncc(CN2CCC[C@H](c3nc(C)cn3C)C2)[nH]1. The summed E-state index contributed by atoms with van der Waals surface area (Å²) in [5.74, 6) is 2.92. The second-order valence-corrected chi connectivity index (χ2v) is 6.88. The third kappa shape index (κ3) is 4.02. The molecule has 0 bridgehead atoms. The quantitative estimate of drug-likeness (QED) is 0.891. The Morgan fingerprint density at radius 1 is 1.39 bits per heavy atom. The number of likely N-dealkylation sites (tertiary alicyclic amines) is 1. The summed E-state index contributed by atoms with van der Waals surface area (Å²) in [5.41, 5.74) is 2.36. The van der Waals surface area contributed by atoms with Gasteiger partial charge in [-0.25, -0.2) is 9.97 Å². The van der Waals surface area contributed by atoms with E-state index in [4.69, 9.17) is 4.98 Å². The maximum Gasteiger partial charge on any atom is 0.113 e. The van der Waals surface area contributed by atoms with E-state index in [1.165, 1.54) is 43.7 Å². The molecular formula is C18H29N5. The molecule has 1 aliphatic heterocycles. The Kier molecular flexibility index (Phi) is 5.16. The van der Waals surface area contributed by atoms with Crippen LogP contribution in [-0.4, -0.2) is 37.5 Å². The van der Waals surface area contributed by atoms with Crippen molar-refractivity contribution in [3.05, 3.63) is 35.4 Å². The fraction of sp³-hybridized carbons (Fsp3) is 0.667. The molecule has 1 fully saturated rings. The fourth-order valence-corrected chi connectivity index (χ4v) is 3.62. The van der Waals surface area contributed by atoms with Gasteiger partial charge in [0.2, 0.25) is 0 Å². The average Bonchev–Trinajstić information content (AvgIpc) is 3.11. The first-order valence-corrected chi connectivity index (χ1v) is 8.90. The highest BCUT2D eigenvalue weighted by molar-refractivity contribution is 5.09. The maximum atomic E-state index is 4.73. The molecule has 3 heterocycles. The summed E-state index contributed by atoms with van der Waals surface area (Å²) >= 11 is 0. The minimum absolute atomic E-state index is 0.546. The van der Waals surface area contributed by atoms with Crippen LogP contribution in [0.5, 0.6) is 0 Å². The number of aromatic amines is 1. The van der Waals surface area contributed by atoms with Crippen LogP contribution in [0.25, 0.3) is 0 Å². The Bertz CT molecular complexity index is 627. The van der Waals surface area contributed by atoms with Crippen molar-refractivity contribution in [2.24, 2.45) is 7.05 Å². The minimum Gasteiger partial charge on any atom is -0.345 e. The van der Waals surface area contributed by atoms with E-state index in [0.717, 1.165) is 31.0 Å². The van der Waals surface area contributed by atoms with Gasteiger partial charge in [-0.3, -0.25) is 4.90 Å². The number of hydrogen-bond donors (Lipinski definition) is 1. The lowest BCUT2D eigenvalue weighted by Crippen LogP contribution is -2.34. The molecule has 3 rings (SSSR count). The molecule has 5 nitrogen and oxygen atoms in total. The highest BCUT2D eigenvalue weighted by Gasteiger charge is 2.24. The second-order valence-electron chi connectivity index (χ2n) is 6.88. The van der Waals surface area contributed by atoms with Gasteiger partial charge < -0.3 is 9.55 Å². The first kappa shape index (κ1) is 16.2. The zero-order valence-electron chi connectivity index (χ0n) is 14.7. The van der Waals surface area contributed by atoms with Gasteiger partial charge in [0.1, 0.15) is 11.6 Å². The monoisotopic (exact) mass is 315 g/mol.